The number of benzene rings is 2. The molecule has 320 valence electrons. The van der Waals surface area contributed by atoms with Gasteiger partial charge in [-0.15, -0.1) is 0 Å². The Morgan fingerprint density at radius 1 is 0.275 bits per heavy atom. The van der Waals surface area contributed by atoms with Crippen LogP contribution in [0.25, 0.3) is 22.4 Å². The zero-order valence-corrected chi connectivity index (χ0v) is 54.4. The third-order valence-corrected chi connectivity index (χ3v) is 18.7. The highest BCUT2D eigenvalue weighted by Gasteiger charge is 2.64. The molecule has 0 aliphatic carbocycles. The van der Waals surface area contributed by atoms with Gasteiger partial charge in [0.15, 0.2) is 0 Å². The third kappa shape index (κ3) is 24.6. The molecule has 0 unspecified atom stereocenters. The lowest BCUT2D eigenvalue weighted by molar-refractivity contribution is 0.567. The first kappa shape index (κ1) is 89.5. The Balaban J connectivity index is 0.00000101. The predicted octanol–water partition coefficient (Wildman–Crippen LogP) is -20.0. The molecule has 0 amide bonds. The van der Waals surface area contributed by atoms with Crippen LogP contribution in [0.2, 0.25) is 0 Å². The molecular weight excluding hydrogens is 1080 g/mol. The van der Waals surface area contributed by atoms with Gasteiger partial charge in [0, 0.05) is 503 Å². The summed E-state index contributed by atoms with van der Waals surface area (Å²) in [7, 11) is 235. The quantitative estimate of drug-likeness (QED) is 0.0557. The maximum atomic E-state index is 7.13. The molecule has 0 atom stereocenters. The van der Waals surface area contributed by atoms with Crippen molar-refractivity contribution in [3.05, 3.63) is 71.1 Å². The molecule has 71 heteroatoms. The third-order valence-electron chi connectivity index (χ3n) is 18.0. The van der Waals surface area contributed by atoms with E-state index in [1.165, 1.54) is 11.1 Å². The lowest BCUT2D eigenvalue weighted by Gasteiger charge is -2.60. The SMILES string of the molecule is CC(C)(C)c1cc(-c2ccc(-c3ccccc3Br)cc2)ncn1.[B]B([B])B([B])B(B(B([B])[B])B([B])[B])B(B(B([B])[B])B([B])[B])B(B(B(B([B])[B])B([B])[B])B(B([B])[B])B([B])[B])B(B(B(B([B])[B])B([B])[B])B(B([B])[B])B([B])[B])B(B(B([B])[B])B([B])[B])B(B([B])[B])B([B])[B]. The first-order chi connectivity index (χ1) is 41.8. The van der Waals surface area contributed by atoms with Gasteiger partial charge in [0.2, 0.25) is 0 Å². The second kappa shape index (κ2) is 40.9. The van der Waals surface area contributed by atoms with Crippen LogP contribution in [0.3, 0.4) is 0 Å². The van der Waals surface area contributed by atoms with Crippen LogP contribution in [-0.4, -0.2) is 491 Å². The average Bonchev–Trinajstić information content (AvgIpc) is 0.730. The molecule has 1 heterocycles. The van der Waals surface area contributed by atoms with Crippen LogP contribution < -0.4 is 0 Å². The van der Waals surface area contributed by atoms with Crippen molar-refractivity contribution in [3.63, 3.8) is 0 Å². The van der Waals surface area contributed by atoms with E-state index in [1.807, 2.05) is 12.1 Å². The zero-order chi connectivity index (χ0) is 70.5. The van der Waals surface area contributed by atoms with Crippen molar-refractivity contribution in [3.8, 4) is 22.4 Å². The lowest BCUT2D eigenvalue weighted by atomic mass is 8.21. The molecule has 0 spiro atoms. The van der Waals surface area contributed by atoms with Crippen LogP contribution in [0.15, 0.2) is 65.4 Å². The van der Waals surface area contributed by atoms with Gasteiger partial charge in [0.05, 0.1) is 5.69 Å². The molecule has 3 aromatic rings. The van der Waals surface area contributed by atoms with E-state index in [2.05, 4.69) is 89.1 Å². The summed E-state index contributed by atoms with van der Waals surface area (Å²) in [6.45, 7) is 6.49. The minimum absolute atomic E-state index is 0.0204. The molecule has 70 radical (unpaired) electrons. The average molecular weight is 1100 g/mol. The van der Waals surface area contributed by atoms with Crippen molar-refractivity contribution < 1.29 is 0 Å². The normalized spacial score (nSPS) is 10.2. The molecule has 0 saturated heterocycles. The minimum Gasteiger partial charge on any atom is -0.241 e. The Labute approximate surface area is 621 Å². The number of hydrogen-bond donors (Lipinski definition) is 0. The molecule has 0 fully saturated rings. The lowest BCUT2D eigenvalue weighted by Crippen LogP contribution is -2.98. The van der Waals surface area contributed by atoms with Crippen molar-refractivity contribution in [1.29, 1.82) is 0 Å². The van der Waals surface area contributed by atoms with E-state index in [-0.39, 0.29) is 5.41 Å². The second-order valence-corrected chi connectivity index (χ2v) is 26.5. The van der Waals surface area contributed by atoms with Gasteiger partial charge in [-0.2, -0.15) is 0 Å². The van der Waals surface area contributed by atoms with E-state index in [0.29, 0.717) is 0 Å². The van der Waals surface area contributed by atoms with Gasteiger partial charge >= 0.3 is 0 Å². The van der Waals surface area contributed by atoms with Gasteiger partial charge in [-0.3, -0.25) is 0 Å². The Kier molecular flexibility index (Phi) is 40.2. The highest BCUT2D eigenvalue weighted by molar-refractivity contribution is 9.10. The molecule has 0 saturated carbocycles. The van der Waals surface area contributed by atoms with Gasteiger partial charge < -0.3 is 0 Å². The molecule has 0 aliphatic rings. The summed E-state index contributed by atoms with van der Waals surface area (Å²) in [6.07, 6.45) is -48.9. The van der Waals surface area contributed by atoms with Crippen molar-refractivity contribution in [2.75, 3.05) is 0 Å². The number of nitrogens with zero attached hydrogens (tertiary/aromatic N) is 2. The summed E-state index contributed by atoms with van der Waals surface area (Å²) in [6, 6.07) is 18.8. The summed E-state index contributed by atoms with van der Waals surface area (Å²) in [4.78, 5) is 8.82. The van der Waals surface area contributed by atoms with Crippen LogP contribution >= 0.6 is 15.9 Å². The Morgan fingerprint density at radius 3 is 0.747 bits per heavy atom. The van der Waals surface area contributed by atoms with Crippen molar-refractivity contribution in [2.45, 2.75) is 26.2 Å². The fraction of sp³-hybridized carbons (Fsp3) is 0.200. The van der Waals surface area contributed by atoms with Crippen LogP contribution in [0.1, 0.15) is 26.5 Å². The van der Waals surface area contributed by atoms with Crippen molar-refractivity contribution in [1.82, 2.24) is 9.97 Å². The summed E-state index contributed by atoms with van der Waals surface area (Å²) >= 11 is 3.61. The van der Waals surface area contributed by atoms with Gasteiger partial charge in [0.25, 0.3) is 0 Å². The molecule has 2 aromatic carbocycles. The first-order valence-corrected chi connectivity index (χ1v) is 30.8. The van der Waals surface area contributed by atoms with E-state index in [4.69, 9.17) is 271 Å². The van der Waals surface area contributed by atoms with Crippen LogP contribution in [0.5, 0.6) is 0 Å². The highest BCUT2D eigenvalue weighted by atomic mass is 79.9. The van der Waals surface area contributed by atoms with Crippen LogP contribution in [0, 0.1) is 0 Å². The monoisotopic (exact) mass is 1110 g/mol. The largest absolute Gasteiger partial charge is 0.241 e. The molecular formula is C20H19B68BrN2. The fourth-order valence-corrected chi connectivity index (χ4v) is 14.8. The Morgan fingerprint density at radius 2 is 0.505 bits per heavy atom. The topological polar surface area (TPSA) is 25.8 Å². The number of halogens is 1. The van der Waals surface area contributed by atoms with Gasteiger partial charge in [-0.1, -0.05) is 79.2 Å². The standard InChI is InChI=1S/C20H19BrN2.B68/c1-20(2,3)19-12-18(22-13-23-19)15-10-8-14(9-11-15)16-6-4-5-7-17(16)21;1-36(2)53(35)62(54(37(3)4)38(5)6)66(61(51(31)32)52(33)34)68(65(59(47(23)24)48(25)26)60(49(27)28)50(29)30)67(63(55(39(7)8)40(9)10)56(41(11)12)42(13)14)64(57(43(15)16)44(17)18)58(45(19)20)46(21)22/h4-13H,1-3H3;. The Hall–Kier alpha value is 2.42. The summed E-state index contributed by atoms with van der Waals surface area (Å²) in [5.41, 5.74) is 5.52. The summed E-state index contributed by atoms with van der Waals surface area (Å²) in [5.74, 6) is 0. The van der Waals surface area contributed by atoms with E-state index in [1.54, 1.807) is 6.33 Å². The number of hydrogen-bond acceptors (Lipinski definition) is 2. The van der Waals surface area contributed by atoms with Crippen molar-refractivity contribution in [2.24, 2.45) is 0 Å². The van der Waals surface area contributed by atoms with Gasteiger partial charge in [0.1, 0.15) is 6.33 Å². The summed E-state index contributed by atoms with van der Waals surface area (Å²) in [5, 5.41) is 0. The van der Waals surface area contributed by atoms with E-state index in [9.17, 15) is 0 Å². The van der Waals surface area contributed by atoms with E-state index >= 15 is 0 Å². The maximum absolute atomic E-state index is 7.13. The summed E-state index contributed by atoms with van der Waals surface area (Å²) < 4.78 is 1.10. The second-order valence-electron chi connectivity index (χ2n) is 25.6. The molecule has 91 heavy (non-hydrogen) atoms. The highest BCUT2D eigenvalue weighted by Crippen LogP contribution is 2.31. The maximum Gasteiger partial charge on any atom is 0.116 e. The van der Waals surface area contributed by atoms with E-state index in [0.717, 1.165) is 21.4 Å². The van der Waals surface area contributed by atoms with Gasteiger partial charge in [-0.05, 0) is 23.3 Å². The fourth-order valence-electron chi connectivity index (χ4n) is 14.2. The van der Waals surface area contributed by atoms with E-state index < -0.39 is 211 Å². The van der Waals surface area contributed by atoms with Crippen LogP contribution in [-0.2, 0) is 5.41 Å². The number of aromatic nitrogens is 2. The smallest absolute Gasteiger partial charge is 0.116 e. The predicted molar refractivity (Wildman–Crippen MR) is 491 cm³/mol. The Bertz CT molecular complexity index is 2340. The minimum atomic E-state index is -1.68. The first-order valence-electron chi connectivity index (χ1n) is 30.0. The molecule has 3 rings (SSSR count). The number of rotatable bonds is 34. The van der Waals surface area contributed by atoms with Gasteiger partial charge in [-0.25, -0.2) is 9.97 Å². The molecule has 0 aliphatic heterocycles. The van der Waals surface area contributed by atoms with Crippen LogP contribution in [0.4, 0.5) is 0 Å². The molecule has 2 nitrogen and oxygen atoms in total. The molecule has 0 bridgehead atoms. The molecule has 0 N–H and O–H groups in total. The van der Waals surface area contributed by atoms with Crippen molar-refractivity contribution >= 4 is 497 Å². The zero-order valence-electron chi connectivity index (χ0n) is 52.8. The molecule has 1 aromatic heterocycles.